The van der Waals surface area contributed by atoms with Crippen LogP contribution in [0.5, 0.6) is 11.5 Å². The Bertz CT molecular complexity index is 634. The molecule has 1 amide bonds. The van der Waals surface area contributed by atoms with Crippen LogP contribution >= 0.6 is 0 Å². The van der Waals surface area contributed by atoms with Crippen LogP contribution in [-0.2, 0) is 11.2 Å². The van der Waals surface area contributed by atoms with Crippen molar-refractivity contribution in [3.63, 3.8) is 0 Å². The maximum absolute atomic E-state index is 11.6. The van der Waals surface area contributed by atoms with E-state index in [-0.39, 0.29) is 5.91 Å². The number of rotatable bonds is 7. The van der Waals surface area contributed by atoms with Gasteiger partial charge < -0.3 is 19.7 Å². The Morgan fingerprint density at radius 3 is 2.78 bits per heavy atom. The number of allylic oxidation sites excluding steroid dienone is 1. The summed E-state index contributed by atoms with van der Waals surface area (Å²) in [5, 5.41) is 12.3. The van der Waals surface area contributed by atoms with Gasteiger partial charge in [-0.25, -0.2) is 0 Å². The molecule has 0 aliphatic carbocycles. The van der Waals surface area contributed by atoms with Crippen molar-refractivity contribution in [3.05, 3.63) is 35.7 Å². The lowest BCUT2D eigenvalue weighted by molar-refractivity contribution is -0.125. The van der Waals surface area contributed by atoms with Crippen LogP contribution in [-0.4, -0.2) is 38.1 Å². The van der Waals surface area contributed by atoms with Crippen LogP contribution in [0.2, 0.25) is 0 Å². The molecule has 1 fully saturated rings. The van der Waals surface area contributed by atoms with Gasteiger partial charge in [0.2, 0.25) is 5.91 Å². The standard InChI is InChI=1S/C17H21N3O3/c1-22-15-6-5-13(10-16(15)23-2)7-8-19-12-14(11-18)20-9-3-4-17(20)21/h5-6,10,12,19H,3-4,7-9H2,1-2H3. The van der Waals surface area contributed by atoms with E-state index >= 15 is 0 Å². The van der Waals surface area contributed by atoms with E-state index in [1.54, 1.807) is 20.4 Å². The molecule has 6 nitrogen and oxygen atoms in total. The molecule has 0 aromatic heterocycles. The number of carbonyl (C=O) groups excluding carboxylic acids is 1. The second-order valence-electron chi connectivity index (χ2n) is 5.18. The number of nitriles is 1. The SMILES string of the molecule is COc1ccc(CCNC=C(C#N)N2CCCC2=O)cc1OC. The van der Waals surface area contributed by atoms with Gasteiger partial charge in [-0.1, -0.05) is 6.07 Å². The van der Waals surface area contributed by atoms with Gasteiger partial charge in [0, 0.05) is 25.7 Å². The van der Waals surface area contributed by atoms with Gasteiger partial charge in [-0.05, 0) is 30.5 Å². The molecule has 0 bridgehead atoms. The van der Waals surface area contributed by atoms with Crippen molar-refractivity contribution in [2.24, 2.45) is 0 Å². The van der Waals surface area contributed by atoms with Gasteiger partial charge in [0.15, 0.2) is 11.5 Å². The predicted octanol–water partition coefficient (Wildman–Crippen LogP) is 1.82. The minimum absolute atomic E-state index is 0.0134. The Labute approximate surface area is 136 Å². The molecule has 6 heteroatoms. The van der Waals surface area contributed by atoms with E-state index in [0.717, 1.165) is 18.4 Å². The quantitative estimate of drug-likeness (QED) is 0.614. The van der Waals surface area contributed by atoms with E-state index in [1.165, 1.54) is 4.90 Å². The lowest BCUT2D eigenvalue weighted by atomic mass is 10.1. The van der Waals surface area contributed by atoms with Crippen LogP contribution < -0.4 is 14.8 Å². The third-order valence-corrected chi connectivity index (χ3v) is 3.72. The molecule has 0 atom stereocenters. The molecular formula is C17H21N3O3. The first kappa shape index (κ1) is 16.7. The summed E-state index contributed by atoms with van der Waals surface area (Å²) in [5.41, 5.74) is 1.47. The smallest absolute Gasteiger partial charge is 0.227 e. The fraction of sp³-hybridized carbons (Fsp3) is 0.412. The summed E-state index contributed by atoms with van der Waals surface area (Å²) in [6.45, 7) is 1.28. The minimum atomic E-state index is 0.0134. The number of carbonyl (C=O) groups is 1. The first-order chi connectivity index (χ1) is 11.2. The van der Waals surface area contributed by atoms with Gasteiger partial charge in [0.1, 0.15) is 11.8 Å². The molecular weight excluding hydrogens is 294 g/mol. The second-order valence-corrected chi connectivity index (χ2v) is 5.18. The number of hydrogen-bond donors (Lipinski definition) is 1. The zero-order valence-corrected chi connectivity index (χ0v) is 13.5. The average molecular weight is 315 g/mol. The van der Waals surface area contributed by atoms with Crippen molar-refractivity contribution in [1.82, 2.24) is 10.2 Å². The van der Waals surface area contributed by atoms with E-state index in [2.05, 4.69) is 11.4 Å². The van der Waals surface area contributed by atoms with E-state index in [0.29, 0.717) is 36.7 Å². The zero-order valence-electron chi connectivity index (χ0n) is 13.5. The summed E-state index contributed by atoms with van der Waals surface area (Å²) < 4.78 is 10.5. The number of amides is 1. The van der Waals surface area contributed by atoms with Gasteiger partial charge >= 0.3 is 0 Å². The lowest BCUT2D eigenvalue weighted by Crippen LogP contribution is -2.25. The fourth-order valence-corrected chi connectivity index (χ4v) is 2.49. The lowest BCUT2D eigenvalue weighted by Gasteiger charge is -2.14. The Hall–Kier alpha value is -2.68. The van der Waals surface area contributed by atoms with Crippen molar-refractivity contribution >= 4 is 5.91 Å². The highest BCUT2D eigenvalue weighted by atomic mass is 16.5. The van der Waals surface area contributed by atoms with Crippen molar-refractivity contribution in [3.8, 4) is 17.6 Å². The monoisotopic (exact) mass is 315 g/mol. The van der Waals surface area contributed by atoms with E-state index in [4.69, 9.17) is 14.7 Å². The maximum Gasteiger partial charge on any atom is 0.227 e. The summed E-state index contributed by atoms with van der Waals surface area (Å²) in [5.74, 6) is 1.41. The number of methoxy groups -OCH3 is 2. The Morgan fingerprint density at radius 1 is 1.39 bits per heavy atom. The molecule has 0 unspecified atom stereocenters. The largest absolute Gasteiger partial charge is 0.493 e. The zero-order chi connectivity index (χ0) is 16.7. The molecule has 1 aromatic carbocycles. The molecule has 23 heavy (non-hydrogen) atoms. The highest BCUT2D eigenvalue weighted by molar-refractivity contribution is 5.80. The first-order valence-electron chi connectivity index (χ1n) is 7.54. The molecule has 2 rings (SSSR count). The Balaban J connectivity index is 1.90. The molecule has 122 valence electrons. The van der Waals surface area contributed by atoms with E-state index in [1.807, 2.05) is 18.2 Å². The number of likely N-dealkylation sites (tertiary alicyclic amines) is 1. The summed E-state index contributed by atoms with van der Waals surface area (Å²) in [7, 11) is 3.21. The first-order valence-corrected chi connectivity index (χ1v) is 7.54. The number of ether oxygens (including phenoxy) is 2. The van der Waals surface area contributed by atoms with Gasteiger partial charge in [-0.15, -0.1) is 0 Å². The molecule has 1 N–H and O–H groups in total. The summed E-state index contributed by atoms with van der Waals surface area (Å²) in [4.78, 5) is 13.2. The molecule has 0 spiro atoms. The topological polar surface area (TPSA) is 74.6 Å². The third kappa shape index (κ3) is 4.16. The Morgan fingerprint density at radius 2 is 2.17 bits per heavy atom. The molecule has 0 saturated carbocycles. The van der Waals surface area contributed by atoms with Crippen molar-refractivity contribution in [1.29, 1.82) is 5.26 Å². The normalized spacial score (nSPS) is 14.6. The van der Waals surface area contributed by atoms with Crippen LogP contribution in [0.1, 0.15) is 18.4 Å². The molecule has 1 heterocycles. The summed E-state index contributed by atoms with van der Waals surface area (Å²) in [6, 6.07) is 7.85. The number of benzene rings is 1. The van der Waals surface area contributed by atoms with Crippen LogP contribution in [0.25, 0.3) is 0 Å². The molecule has 1 aliphatic rings. The van der Waals surface area contributed by atoms with Crippen LogP contribution in [0.4, 0.5) is 0 Å². The molecule has 0 radical (unpaired) electrons. The highest BCUT2D eigenvalue weighted by Gasteiger charge is 2.23. The van der Waals surface area contributed by atoms with Crippen molar-refractivity contribution in [2.45, 2.75) is 19.3 Å². The van der Waals surface area contributed by atoms with Gasteiger partial charge in [-0.3, -0.25) is 4.79 Å². The van der Waals surface area contributed by atoms with Crippen molar-refractivity contribution in [2.75, 3.05) is 27.3 Å². The number of nitrogens with zero attached hydrogens (tertiary/aromatic N) is 2. The fourth-order valence-electron chi connectivity index (χ4n) is 2.49. The predicted molar refractivity (Wildman–Crippen MR) is 85.9 cm³/mol. The van der Waals surface area contributed by atoms with Crippen LogP contribution in [0, 0.1) is 11.3 Å². The Kier molecular flexibility index (Phi) is 5.87. The van der Waals surface area contributed by atoms with Crippen LogP contribution in [0.3, 0.4) is 0 Å². The average Bonchev–Trinajstić information content (AvgIpc) is 3.00. The van der Waals surface area contributed by atoms with Gasteiger partial charge in [0.05, 0.1) is 14.2 Å². The molecule has 1 saturated heterocycles. The van der Waals surface area contributed by atoms with Crippen molar-refractivity contribution < 1.29 is 14.3 Å². The van der Waals surface area contributed by atoms with E-state index in [9.17, 15) is 4.79 Å². The maximum atomic E-state index is 11.6. The van der Waals surface area contributed by atoms with E-state index < -0.39 is 0 Å². The number of nitrogens with one attached hydrogen (secondary N) is 1. The third-order valence-electron chi connectivity index (χ3n) is 3.72. The minimum Gasteiger partial charge on any atom is -0.493 e. The van der Waals surface area contributed by atoms with Gasteiger partial charge in [0.25, 0.3) is 0 Å². The summed E-state index contributed by atoms with van der Waals surface area (Å²) in [6.07, 6.45) is 3.71. The summed E-state index contributed by atoms with van der Waals surface area (Å²) >= 11 is 0. The highest BCUT2D eigenvalue weighted by Crippen LogP contribution is 2.27. The molecule has 1 aromatic rings. The second kappa shape index (κ2) is 8.08. The van der Waals surface area contributed by atoms with Gasteiger partial charge in [-0.2, -0.15) is 5.26 Å². The number of hydrogen-bond acceptors (Lipinski definition) is 5. The molecule has 1 aliphatic heterocycles. The van der Waals surface area contributed by atoms with Crippen LogP contribution in [0.15, 0.2) is 30.1 Å².